The first-order valence-electron chi connectivity index (χ1n) is 9.34. The number of carbonyl (C=O) groups is 3. The van der Waals surface area contributed by atoms with Crippen molar-refractivity contribution in [2.45, 2.75) is 20.8 Å². The van der Waals surface area contributed by atoms with Crippen molar-refractivity contribution in [2.75, 3.05) is 12.0 Å². The number of ether oxygens (including phenoxy) is 1. The van der Waals surface area contributed by atoms with E-state index in [4.69, 9.17) is 4.74 Å². The van der Waals surface area contributed by atoms with Crippen LogP contribution in [0.4, 0.5) is 0 Å². The molecular weight excluding hydrogens is 384 g/mol. The summed E-state index contributed by atoms with van der Waals surface area (Å²) in [5.74, 6) is -1.67. The van der Waals surface area contributed by atoms with E-state index in [-0.39, 0.29) is 17.2 Å². The molecular formula is C23H22N2O5. The summed E-state index contributed by atoms with van der Waals surface area (Å²) in [7, 11) is 0. The first kappa shape index (κ1) is 20.9. The number of phenols is 1. The number of benzene rings is 2. The fraction of sp³-hybridized carbons (Fsp3) is 0.174. The van der Waals surface area contributed by atoms with Crippen molar-refractivity contribution in [2.24, 2.45) is 0 Å². The number of hydrogen-bond donors (Lipinski definition) is 2. The van der Waals surface area contributed by atoms with Crippen molar-refractivity contribution in [3.63, 3.8) is 0 Å². The second-order valence-corrected chi connectivity index (χ2v) is 6.90. The van der Waals surface area contributed by atoms with E-state index in [0.29, 0.717) is 28.1 Å². The first-order chi connectivity index (χ1) is 14.3. The molecule has 0 unspecified atom stereocenters. The molecule has 1 amide bonds. The number of esters is 1. The van der Waals surface area contributed by atoms with E-state index in [1.54, 1.807) is 63.2 Å². The molecule has 1 heterocycles. The average molecular weight is 406 g/mol. The molecule has 154 valence electrons. The molecule has 7 nitrogen and oxygen atoms in total. The number of aromatic hydroxyl groups is 1. The topological polar surface area (TPSA) is 97.6 Å². The maximum atomic E-state index is 12.6. The molecule has 0 saturated carbocycles. The van der Waals surface area contributed by atoms with Gasteiger partial charge in [0.05, 0.1) is 0 Å². The molecule has 1 aromatic heterocycles. The number of para-hydroxylation sites is 1. The predicted molar refractivity (Wildman–Crippen MR) is 111 cm³/mol. The van der Waals surface area contributed by atoms with Gasteiger partial charge in [-0.2, -0.15) is 0 Å². The Hall–Kier alpha value is -3.87. The molecule has 2 N–H and O–H groups in total. The van der Waals surface area contributed by atoms with E-state index in [0.717, 1.165) is 0 Å². The highest BCUT2D eigenvalue weighted by atomic mass is 16.5. The van der Waals surface area contributed by atoms with Crippen LogP contribution in [0.3, 0.4) is 0 Å². The molecule has 0 aliphatic rings. The van der Waals surface area contributed by atoms with Crippen LogP contribution in [0.2, 0.25) is 0 Å². The summed E-state index contributed by atoms with van der Waals surface area (Å²) >= 11 is 0. The Morgan fingerprint density at radius 2 is 1.67 bits per heavy atom. The zero-order chi connectivity index (χ0) is 21.8. The summed E-state index contributed by atoms with van der Waals surface area (Å²) in [6.45, 7) is 4.63. The highest BCUT2D eigenvalue weighted by Crippen LogP contribution is 2.22. The SMILES string of the molecule is Cc1cccc(C(=O)OCC(=O)c2cc(C)n(NC(=O)c3ccccc3)c2C)c1O. The van der Waals surface area contributed by atoms with Crippen molar-refractivity contribution in [3.8, 4) is 5.75 Å². The van der Waals surface area contributed by atoms with Gasteiger partial charge in [-0.25, -0.2) is 4.79 Å². The van der Waals surface area contributed by atoms with Gasteiger partial charge in [0, 0.05) is 22.5 Å². The number of ketones is 1. The van der Waals surface area contributed by atoms with Crippen LogP contribution in [0.5, 0.6) is 5.75 Å². The van der Waals surface area contributed by atoms with Crippen molar-refractivity contribution in [1.82, 2.24) is 4.68 Å². The normalized spacial score (nSPS) is 10.5. The van der Waals surface area contributed by atoms with Crippen LogP contribution in [0.25, 0.3) is 0 Å². The largest absolute Gasteiger partial charge is 0.507 e. The lowest BCUT2D eigenvalue weighted by atomic mass is 10.1. The number of carbonyl (C=O) groups excluding carboxylic acids is 3. The Labute approximate surface area is 173 Å². The molecule has 0 spiro atoms. The minimum atomic E-state index is -0.782. The Balaban J connectivity index is 1.71. The second kappa shape index (κ2) is 8.65. The van der Waals surface area contributed by atoms with Crippen molar-refractivity contribution in [1.29, 1.82) is 0 Å². The van der Waals surface area contributed by atoms with Gasteiger partial charge >= 0.3 is 5.97 Å². The van der Waals surface area contributed by atoms with Gasteiger partial charge in [-0.15, -0.1) is 0 Å². The Kier molecular flexibility index (Phi) is 6.01. The molecule has 0 aliphatic carbocycles. The van der Waals surface area contributed by atoms with E-state index in [9.17, 15) is 19.5 Å². The number of rotatable bonds is 6. The fourth-order valence-electron chi connectivity index (χ4n) is 3.08. The molecule has 0 fully saturated rings. The van der Waals surface area contributed by atoms with Crippen molar-refractivity contribution < 1.29 is 24.2 Å². The smallest absolute Gasteiger partial charge is 0.342 e. The van der Waals surface area contributed by atoms with Gasteiger partial charge in [0.2, 0.25) is 5.78 Å². The summed E-state index contributed by atoms with van der Waals surface area (Å²) in [5, 5.41) is 9.98. The molecule has 30 heavy (non-hydrogen) atoms. The lowest BCUT2D eigenvalue weighted by molar-refractivity contribution is 0.0471. The van der Waals surface area contributed by atoms with Crippen LogP contribution in [0.15, 0.2) is 54.6 Å². The van der Waals surface area contributed by atoms with Gasteiger partial charge in [0.15, 0.2) is 6.61 Å². The molecule has 0 radical (unpaired) electrons. The van der Waals surface area contributed by atoms with Crippen LogP contribution in [0, 0.1) is 20.8 Å². The van der Waals surface area contributed by atoms with Gasteiger partial charge in [0.25, 0.3) is 5.91 Å². The third kappa shape index (κ3) is 4.25. The minimum absolute atomic E-state index is 0.00315. The maximum absolute atomic E-state index is 12.6. The number of aromatic nitrogens is 1. The number of phenolic OH excluding ortho intramolecular Hbond substituents is 1. The highest BCUT2D eigenvalue weighted by molar-refractivity contribution is 6.02. The summed E-state index contributed by atoms with van der Waals surface area (Å²) < 4.78 is 6.61. The van der Waals surface area contributed by atoms with Gasteiger partial charge in [-0.1, -0.05) is 30.3 Å². The maximum Gasteiger partial charge on any atom is 0.342 e. The fourth-order valence-corrected chi connectivity index (χ4v) is 3.08. The summed E-state index contributed by atoms with van der Waals surface area (Å²) in [4.78, 5) is 37.2. The Bertz CT molecular complexity index is 1120. The molecule has 3 rings (SSSR count). The van der Waals surface area contributed by atoms with Crippen LogP contribution in [-0.2, 0) is 4.74 Å². The zero-order valence-corrected chi connectivity index (χ0v) is 16.9. The van der Waals surface area contributed by atoms with Crippen molar-refractivity contribution >= 4 is 17.7 Å². The van der Waals surface area contributed by atoms with Crippen LogP contribution < -0.4 is 5.43 Å². The molecule has 2 aromatic carbocycles. The lowest BCUT2D eigenvalue weighted by Crippen LogP contribution is -2.25. The van der Waals surface area contributed by atoms with Gasteiger partial charge in [0.1, 0.15) is 11.3 Å². The molecule has 0 saturated heterocycles. The average Bonchev–Trinajstić information content (AvgIpc) is 3.02. The molecule has 7 heteroatoms. The molecule has 3 aromatic rings. The minimum Gasteiger partial charge on any atom is -0.507 e. The van der Waals surface area contributed by atoms with Gasteiger partial charge < -0.3 is 9.84 Å². The van der Waals surface area contributed by atoms with Crippen molar-refractivity contribution in [3.05, 3.63) is 88.2 Å². The first-order valence-corrected chi connectivity index (χ1v) is 9.34. The summed E-state index contributed by atoms with van der Waals surface area (Å²) in [6, 6.07) is 15.1. The summed E-state index contributed by atoms with van der Waals surface area (Å²) in [6.07, 6.45) is 0. The van der Waals surface area contributed by atoms with Gasteiger partial charge in [-0.05, 0) is 50.6 Å². The number of hydrogen-bond acceptors (Lipinski definition) is 5. The van der Waals surface area contributed by atoms with E-state index in [1.165, 1.54) is 10.7 Å². The number of aryl methyl sites for hydroxylation is 2. The quantitative estimate of drug-likeness (QED) is 0.482. The highest BCUT2D eigenvalue weighted by Gasteiger charge is 2.20. The second-order valence-electron chi connectivity index (χ2n) is 6.90. The van der Waals surface area contributed by atoms with E-state index in [1.807, 2.05) is 6.07 Å². The van der Waals surface area contributed by atoms with Crippen LogP contribution >= 0.6 is 0 Å². The van der Waals surface area contributed by atoms with E-state index in [2.05, 4.69) is 5.43 Å². The zero-order valence-electron chi connectivity index (χ0n) is 16.9. The lowest BCUT2D eigenvalue weighted by Gasteiger charge is -2.12. The summed E-state index contributed by atoms with van der Waals surface area (Å²) in [5.41, 5.74) is 5.30. The van der Waals surface area contributed by atoms with Crippen LogP contribution in [-0.4, -0.2) is 34.0 Å². The Morgan fingerprint density at radius 1 is 0.967 bits per heavy atom. The standard InChI is InChI=1S/C23H22N2O5/c1-14-8-7-11-18(21(14)27)23(29)30-13-20(26)19-12-15(2)25(16(19)3)24-22(28)17-9-5-4-6-10-17/h4-12,27H,13H2,1-3H3,(H,24,28). The monoisotopic (exact) mass is 406 g/mol. The third-order valence-corrected chi connectivity index (χ3v) is 4.77. The predicted octanol–water partition coefficient (Wildman–Crippen LogP) is 3.54. The number of Topliss-reactive ketones (excluding diaryl/α,β-unsaturated/α-hetero) is 1. The Morgan fingerprint density at radius 3 is 2.37 bits per heavy atom. The third-order valence-electron chi connectivity index (χ3n) is 4.77. The molecule has 0 aliphatic heterocycles. The van der Waals surface area contributed by atoms with Gasteiger partial charge in [-0.3, -0.25) is 19.7 Å². The van der Waals surface area contributed by atoms with E-state index >= 15 is 0 Å². The number of nitrogens with zero attached hydrogens (tertiary/aromatic N) is 1. The van der Waals surface area contributed by atoms with Crippen LogP contribution in [0.1, 0.15) is 48.0 Å². The number of amides is 1. The van der Waals surface area contributed by atoms with E-state index < -0.39 is 18.4 Å². The number of nitrogens with one attached hydrogen (secondary N) is 1. The molecule has 0 atom stereocenters. The molecule has 0 bridgehead atoms.